The molecule has 0 spiro atoms. The average Bonchev–Trinajstić information content (AvgIpc) is 3.20. The van der Waals surface area contributed by atoms with Crippen molar-refractivity contribution in [1.82, 2.24) is 0 Å². The minimum atomic E-state index is -0.814. The summed E-state index contributed by atoms with van der Waals surface area (Å²) in [5.41, 5.74) is 2.01. The lowest BCUT2D eigenvalue weighted by Gasteiger charge is -2.14. The first kappa shape index (κ1) is 29.3. The third kappa shape index (κ3) is 7.63. The number of pyridine rings is 1. The Bertz CT molecular complexity index is 1370. The Kier molecular flexibility index (Phi) is 11.0. The number of fused-ring (bicyclic) bond motifs is 1. The van der Waals surface area contributed by atoms with Gasteiger partial charge in [-0.1, -0.05) is 69.7 Å². The number of nitriles is 3. The molecular formula is C34H38N4O+2. The van der Waals surface area contributed by atoms with Crippen LogP contribution in [0.3, 0.4) is 0 Å². The standard InChI is InChI=1S/C34H38N4O/c1-4-5-6-7-8-9-10-16-22-38-23-21-27(29-18-14-15-20-32(29)38)17-12-11-13-19-31-30(26-37)33(28(24-35)25-36)39-34(31,2)3/h11-15,17-21,23H,4-10,16,22H2,1-3H3/q+2/b13-11+,17-12+,31-19-. The van der Waals surface area contributed by atoms with Gasteiger partial charge in [0.25, 0.3) is 11.3 Å². The van der Waals surface area contributed by atoms with Gasteiger partial charge in [0.2, 0.25) is 11.4 Å². The predicted octanol–water partition coefficient (Wildman–Crippen LogP) is 7.97. The molecule has 0 amide bonds. The molecule has 2 heterocycles. The van der Waals surface area contributed by atoms with Gasteiger partial charge in [0.15, 0.2) is 30.0 Å². The number of rotatable bonds is 12. The number of nitrogens with zero attached hydrogens (tertiary/aromatic N) is 4. The molecular weight excluding hydrogens is 480 g/mol. The van der Waals surface area contributed by atoms with Gasteiger partial charge in [0, 0.05) is 24.6 Å². The lowest BCUT2D eigenvalue weighted by molar-refractivity contribution is -0.671. The van der Waals surface area contributed by atoms with E-state index in [1.54, 1.807) is 0 Å². The van der Waals surface area contributed by atoms with E-state index in [0.717, 1.165) is 12.1 Å². The molecule has 1 aromatic carbocycles. The number of unbranched alkanes of at least 4 members (excludes halogenated alkanes) is 7. The van der Waals surface area contributed by atoms with E-state index < -0.39 is 5.60 Å². The van der Waals surface area contributed by atoms with Crippen molar-refractivity contribution < 1.29 is 9.30 Å². The molecule has 0 radical (unpaired) electrons. The minimum Gasteiger partial charge on any atom is -0.456 e. The summed E-state index contributed by atoms with van der Waals surface area (Å²) in [5.74, 6) is 0.278. The van der Waals surface area contributed by atoms with Crippen LogP contribution in [0.15, 0.2) is 77.7 Å². The molecule has 1 aromatic heterocycles. The molecule has 0 unspecified atom stereocenters. The van der Waals surface area contributed by atoms with Crippen LogP contribution in [0.1, 0.15) is 77.7 Å². The van der Waals surface area contributed by atoms with Gasteiger partial charge in [0.05, 0.1) is 5.39 Å². The Morgan fingerprint density at radius 1 is 0.923 bits per heavy atom. The number of ether oxygens (including phenoxy) is 1. The molecule has 1 fully saturated rings. The van der Waals surface area contributed by atoms with Crippen LogP contribution in [0, 0.1) is 39.9 Å². The third-order valence-corrected chi connectivity index (χ3v) is 7.04. The smallest absolute Gasteiger partial charge is 0.281 e. The Balaban J connectivity index is 1.68. The van der Waals surface area contributed by atoms with Gasteiger partial charge in [-0.25, -0.2) is 0 Å². The van der Waals surface area contributed by atoms with E-state index in [9.17, 15) is 15.8 Å². The maximum atomic E-state index is 9.67. The zero-order valence-electron chi connectivity index (χ0n) is 23.4. The topological polar surface area (TPSA) is 84.5 Å². The van der Waals surface area contributed by atoms with Crippen LogP contribution in [0.5, 0.6) is 0 Å². The number of allylic oxidation sites excluding steroid dienone is 6. The van der Waals surface area contributed by atoms with Crippen molar-refractivity contribution >= 4 is 17.0 Å². The monoisotopic (exact) mass is 518 g/mol. The molecule has 0 N–H and O–H groups in total. The van der Waals surface area contributed by atoms with Crippen LogP contribution in [0.2, 0.25) is 0 Å². The van der Waals surface area contributed by atoms with Gasteiger partial charge in [-0.15, -0.1) is 0 Å². The van der Waals surface area contributed by atoms with Gasteiger partial charge in [0.1, 0.15) is 12.1 Å². The number of hydrogen-bond acceptors (Lipinski definition) is 4. The van der Waals surface area contributed by atoms with E-state index in [4.69, 9.17) is 4.74 Å². The quantitative estimate of drug-likeness (QED) is 0.0937. The van der Waals surface area contributed by atoms with Gasteiger partial charge in [-0.3, -0.25) is 0 Å². The van der Waals surface area contributed by atoms with Crippen LogP contribution in [-0.4, -0.2) is 5.60 Å². The molecule has 0 aliphatic carbocycles. The summed E-state index contributed by atoms with van der Waals surface area (Å²) in [6, 6.07) is 16.4. The van der Waals surface area contributed by atoms with Crippen molar-refractivity contribution in [2.75, 3.05) is 0 Å². The summed E-state index contributed by atoms with van der Waals surface area (Å²) >= 11 is 0. The fourth-order valence-corrected chi connectivity index (χ4v) is 4.92. The highest BCUT2D eigenvalue weighted by Crippen LogP contribution is 2.44. The fourth-order valence-electron chi connectivity index (χ4n) is 4.92. The molecule has 5 heteroatoms. The number of para-hydroxylation sites is 1. The molecule has 39 heavy (non-hydrogen) atoms. The molecule has 1 saturated heterocycles. The predicted molar refractivity (Wildman–Crippen MR) is 155 cm³/mol. The van der Waals surface area contributed by atoms with Crippen molar-refractivity contribution in [2.24, 2.45) is 0 Å². The minimum absolute atomic E-state index is 0.0544. The highest BCUT2D eigenvalue weighted by Gasteiger charge is 2.51. The van der Waals surface area contributed by atoms with Crippen LogP contribution >= 0.6 is 0 Å². The Morgan fingerprint density at radius 2 is 1.62 bits per heavy atom. The van der Waals surface area contributed by atoms with Crippen molar-refractivity contribution in [3.63, 3.8) is 0 Å². The molecule has 0 atom stereocenters. The summed E-state index contributed by atoms with van der Waals surface area (Å²) in [7, 11) is 0. The summed E-state index contributed by atoms with van der Waals surface area (Å²) in [6.07, 6.45) is 22.3. The number of benzene rings is 1. The first-order valence-electron chi connectivity index (χ1n) is 13.9. The van der Waals surface area contributed by atoms with Crippen molar-refractivity contribution in [3.8, 4) is 18.2 Å². The van der Waals surface area contributed by atoms with Gasteiger partial charge in [-0.05, 0) is 44.1 Å². The van der Waals surface area contributed by atoms with Gasteiger partial charge >= 0.3 is 0 Å². The van der Waals surface area contributed by atoms with E-state index in [-0.39, 0.29) is 17.3 Å². The SMILES string of the molecule is CCCCCCCCCC[n+]1ccc(/C=C/C=C/C=C2/[C+](C#N)C(=C(C#N)C#N)OC2(C)C)c2ccccc21. The molecule has 0 saturated carbocycles. The van der Waals surface area contributed by atoms with Crippen LogP contribution in [0.4, 0.5) is 0 Å². The molecule has 2 aromatic rings. The summed E-state index contributed by atoms with van der Waals surface area (Å²) in [4.78, 5) is 0. The highest BCUT2D eigenvalue weighted by molar-refractivity contribution is 5.85. The maximum absolute atomic E-state index is 9.67. The number of hydrogen-bond donors (Lipinski definition) is 0. The second-order valence-corrected chi connectivity index (χ2v) is 10.3. The second-order valence-electron chi connectivity index (χ2n) is 10.3. The lowest BCUT2D eigenvalue weighted by Crippen LogP contribution is -2.34. The van der Waals surface area contributed by atoms with Crippen molar-refractivity contribution in [2.45, 2.75) is 84.3 Å². The molecule has 198 valence electrons. The van der Waals surface area contributed by atoms with Crippen LogP contribution in [0.25, 0.3) is 17.0 Å². The van der Waals surface area contributed by atoms with Crippen molar-refractivity contribution in [1.29, 1.82) is 15.8 Å². The first-order chi connectivity index (χ1) is 19.0. The highest BCUT2D eigenvalue weighted by atomic mass is 16.5. The van der Waals surface area contributed by atoms with E-state index in [1.807, 2.05) is 50.3 Å². The Hall–Kier alpha value is -4.27. The zero-order valence-corrected chi connectivity index (χ0v) is 23.4. The van der Waals surface area contributed by atoms with E-state index >= 15 is 0 Å². The van der Waals surface area contributed by atoms with Crippen LogP contribution < -0.4 is 4.57 Å². The van der Waals surface area contributed by atoms with Gasteiger partial charge < -0.3 is 4.74 Å². The second kappa shape index (κ2) is 14.6. The number of aryl methyl sites for hydroxylation is 1. The van der Waals surface area contributed by atoms with E-state index in [2.05, 4.69) is 60.2 Å². The Morgan fingerprint density at radius 3 is 2.31 bits per heavy atom. The summed E-state index contributed by atoms with van der Waals surface area (Å²) in [6.45, 7) is 6.92. The maximum Gasteiger partial charge on any atom is 0.281 e. The summed E-state index contributed by atoms with van der Waals surface area (Å²) < 4.78 is 8.16. The van der Waals surface area contributed by atoms with E-state index in [0.29, 0.717) is 5.57 Å². The Labute approximate surface area is 233 Å². The fraction of sp³-hybridized carbons (Fsp3) is 0.382. The first-order valence-corrected chi connectivity index (χ1v) is 13.9. The van der Waals surface area contributed by atoms with Crippen LogP contribution in [-0.2, 0) is 11.3 Å². The lowest BCUT2D eigenvalue weighted by atomic mass is 9.88. The zero-order chi connectivity index (χ0) is 28.1. The molecule has 3 rings (SSSR count). The van der Waals surface area contributed by atoms with Crippen molar-refractivity contribution in [3.05, 3.63) is 89.2 Å². The summed E-state index contributed by atoms with van der Waals surface area (Å²) in [5, 5.41) is 29.3. The third-order valence-electron chi connectivity index (χ3n) is 7.04. The van der Waals surface area contributed by atoms with Gasteiger partial charge in [-0.2, -0.15) is 20.4 Å². The molecule has 1 aliphatic rings. The number of aromatic nitrogens is 1. The molecule has 0 bridgehead atoms. The molecule has 1 aliphatic heterocycles. The van der Waals surface area contributed by atoms with E-state index in [1.165, 1.54) is 62.3 Å². The largest absolute Gasteiger partial charge is 0.456 e. The molecule has 5 nitrogen and oxygen atoms in total. The average molecular weight is 519 g/mol. The normalized spacial score (nSPS) is 15.5.